The van der Waals surface area contributed by atoms with Crippen LogP contribution in [-0.4, -0.2) is 168 Å². The lowest BCUT2D eigenvalue weighted by molar-refractivity contribution is -0.145. The minimum atomic E-state index is -1.00. The van der Waals surface area contributed by atoms with Crippen molar-refractivity contribution in [3.8, 4) is 0 Å². The number of carbonyl (C=O) groups is 5. The normalized spacial score (nSPS) is 19.4. The monoisotopic (exact) mass is 903 g/mol. The molecule has 0 bridgehead atoms. The number of hydrogen-bond acceptors (Lipinski definition) is 11. The van der Waals surface area contributed by atoms with E-state index in [1.807, 2.05) is 47.1 Å². The predicted octanol–water partition coefficient (Wildman–Crippen LogP) is 4.73. The largest absolute Gasteiger partial charge is 0.465 e. The molecule has 2 aromatic carbocycles. The molecule has 6 heterocycles. The van der Waals surface area contributed by atoms with Crippen LogP contribution in [0.5, 0.6) is 0 Å². The lowest BCUT2D eigenvalue weighted by Gasteiger charge is -2.38. The summed E-state index contributed by atoms with van der Waals surface area (Å²) in [6.07, 6.45) is 4.87. The van der Waals surface area contributed by atoms with E-state index in [2.05, 4.69) is 29.1 Å². The van der Waals surface area contributed by atoms with Crippen LogP contribution < -0.4 is 11.1 Å². The molecule has 0 radical (unpaired) electrons. The van der Waals surface area contributed by atoms with E-state index in [9.17, 15) is 28.8 Å². The summed E-state index contributed by atoms with van der Waals surface area (Å²) in [6.45, 7) is 13.0. The predicted molar refractivity (Wildman–Crippen MR) is 248 cm³/mol. The van der Waals surface area contributed by atoms with Gasteiger partial charge in [0.2, 0.25) is 5.91 Å². The topological polar surface area (TPSA) is 170 Å². The molecule has 5 amide bonds. The van der Waals surface area contributed by atoms with Crippen LogP contribution in [0.3, 0.4) is 0 Å². The molecule has 65 heavy (non-hydrogen) atoms. The van der Waals surface area contributed by atoms with Crippen LogP contribution >= 0.6 is 0 Å². The van der Waals surface area contributed by atoms with Gasteiger partial charge in [0.05, 0.1) is 18.7 Å². The summed E-state index contributed by atoms with van der Waals surface area (Å²) in [5, 5.41) is 3.03. The summed E-state index contributed by atoms with van der Waals surface area (Å²) >= 11 is 0. The van der Waals surface area contributed by atoms with E-state index >= 15 is 0 Å². The molecule has 0 aliphatic carbocycles. The molecule has 3 aromatic rings. The van der Waals surface area contributed by atoms with Gasteiger partial charge in [-0.1, -0.05) is 38.6 Å². The number of nitrogens with one attached hydrogen (secondary N) is 1. The van der Waals surface area contributed by atoms with E-state index in [1.165, 1.54) is 4.57 Å². The average Bonchev–Trinajstić information content (AvgIpc) is 3.77. The van der Waals surface area contributed by atoms with Gasteiger partial charge in [0.15, 0.2) is 11.7 Å². The number of benzene rings is 2. The maximum absolute atomic E-state index is 13.8. The van der Waals surface area contributed by atoms with Gasteiger partial charge in [0.25, 0.3) is 5.91 Å². The Hall–Kier alpha value is -5.42. The number of piperidine rings is 2. The number of urea groups is 1. The van der Waals surface area contributed by atoms with Gasteiger partial charge in [-0.25, -0.2) is 14.4 Å². The van der Waals surface area contributed by atoms with Crippen LogP contribution in [0, 0.1) is 12.8 Å². The Labute approximate surface area is 382 Å². The quantitative estimate of drug-likeness (QED) is 0.209. The number of aromatic nitrogens is 1. The van der Waals surface area contributed by atoms with Crippen LogP contribution in [0.1, 0.15) is 76.0 Å². The smallest absolute Gasteiger partial charge is 0.419 e. The summed E-state index contributed by atoms with van der Waals surface area (Å²) in [6, 6.07) is 11.4. The number of ether oxygens (including phenoxy) is 2. The van der Waals surface area contributed by atoms with Crippen molar-refractivity contribution in [2.75, 3.05) is 97.5 Å². The first-order chi connectivity index (χ1) is 30.8. The SMILES string of the molecule is C.CN1CCN(CC(=O)OCCCN2CCCC2=O)CC1.Cc1cc(C[C@@H](OC(=O)N2CCC(N3CCc4ccccc4NC3=O)CC2)C(=O)N2CCC(C)CC2)cc2oc(=O)n(C)c12. The number of rotatable bonds is 11. The van der Waals surface area contributed by atoms with Crippen LogP contribution in [0.4, 0.5) is 15.3 Å². The van der Waals surface area contributed by atoms with Crippen molar-refractivity contribution >= 4 is 46.7 Å². The Morgan fingerprint density at radius 1 is 0.862 bits per heavy atom. The maximum Gasteiger partial charge on any atom is 0.419 e. The zero-order valence-electron chi connectivity index (χ0n) is 38.1. The number of carbonyl (C=O) groups excluding carboxylic acids is 5. The molecular weight excluding hydrogens is 833 g/mol. The number of nitrogens with zero attached hydrogens (tertiary/aromatic N) is 7. The Morgan fingerprint density at radius 3 is 2.28 bits per heavy atom. The van der Waals surface area contributed by atoms with Crippen LogP contribution in [-0.2, 0) is 43.7 Å². The van der Waals surface area contributed by atoms with Crippen molar-refractivity contribution in [2.24, 2.45) is 13.0 Å². The van der Waals surface area contributed by atoms with Crippen molar-refractivity contribution in [1.82, 2.24) is 34.0 Å². The number of likely N-dealkylation sites (tertiary alicyclic amines) is 3. The molecule has 1 N–H and O–H groups in total. The average molecular weight is 903 g/mol. The Morgan fingerprint density at radius 2 is 1.57 bits per heavy atom. The summed E-state index contributed by atoms with van der Waals surface area (Å²) in [5.41, 5.74) is 4.72. The van der Waals surface area contributed by atoms with Gasteiger partial charge < -0.3 is 43.7 Å². The minimum absolute atomic E-state index is 0. The van der Waals surface area contributed by atoms with Crippen molar-refractivity contribution in [3.63, 3.8) is 0 Å². The summed E-state index contributed by atoms with van der Waals surface area (Å²) in [5.74, 6) is -0.0237. The zero-order chi connectivity index (χ0) is 45.3. The number of piperazine rings is 1. The molecular formula is C48H70N8O9. The summed E-state index contributed by atoms with van der Waals surface area (Å²) in [4.78, 5) is 87.1. The first kappa shape index (κ1) is 49.0. The van der Waals surface area contributed by atoms with E-state index in [-0.39, 0.29) is 43.7 Å². The number of esters is 1. The fraction of sp³-hybridized carbons (Fsp3) is 0.625. The molecule has 0 spiro atoms. The van der Waals surface area contributed by atoms with E-state index in [0.717, 1.165) is 87.2 Å². The summed E-state index contributed by atoms with van der Waals surface area (Å²) < 4.78 is 18.1. The third-order valence-electron chi connectivity index (χ3n) is 13.4. The molecule has 0 saturated carbocycles. The van der Waals surface area contributed by atoms with Gasteiger partial charge in [-0.05, 0) is 93.7 Å². The standard InChI is InChI=1S/C33H41N5O6.C14H25N3O3.CH4/c1-21-8-13-36(14-9-21)30(39)28(20-23-18-22(2)29-27(19-23)43-32(41)35(29)3)44-33(42)37-15-11-25(12-16-37)38-17-10-24-6-4-5-7-26(24)34-31(38)40;1-15-7-9-16(10-8-15)12-14(19)20-11-3-6-17-5-2-4-13(17)18;/h4-7,18-19,21,25,28H,8-17,20H2,1-3H3,(H,34,40);2-12H2,1H3;1H4/t28-;;/m1../s1. The fourth-order valence-electron chi connectivity index (χ4n) is 9.44. The molecule has 356 valence electrons. The second kappa shape index (κ2) is 22.7. The molecule has 0 unspecified atom stereocenters. The zero-order valence-corrected chi connectivity index (χ0v) is 38.1. The number of hydrogen-bond donors (Lipinski definition) is 1. The molecule has 8 rings (SSSR count). The van der Waals surface area contributed by atoms with Crippen LogP contribution in [0.15, 0.2) is 45.6 Å². The number of fused-ring (bicyclic) bond motifs is 2. The Balaban J connectivity index is 0.000000280. The van der Waals surface area contributed by atoms with E-state index < -0.39 is 18.0 Å². The highest BCUT2D eigenvalue weighted by Gasteiger charge is 2.35. The second-order valence-electron chi connectivity index (χ2n) is 18.2. The van der Waals surface area contributed by atoms with Gasteiger partial charge in [0.1, 0.15) is 0 Å². The van der Waals surface area contributed by atoms with Crippen molar-refractivity contribution in [2.45, 2.75) is 91.2 Å². The highest BCUT2D eigenvalue weighted by atomic mass is 16.6. The number of oxazole rings is 1. The Kier molecular flexibility index (Phi) is 17.1. The molecule has 4 saturated heterocycles. The Bertz CT molecular complexity index is 2180. The number of likely N-dealkylation sites (N-methyl/N-ethyl adjacent to an activating group) is 1. The van der Waals surface area contributed by atoms with Gasteiger partial charge in [0, 0.05) is 104 Å². The highest BCUT2D eigenvalue weighted by molar-refractivity contribution is 5.91. The van der Waals surface area contributed by atoms with Gasteiger partial charge >= 0.3 is 23.8 Å². The molecule has 17 nitrogen and oxygen atoms in total. The van der Waals surface area contributed by atoms with Crippen molar-refractivity contribution < 1.29 is 37.9 Å². The summed E-state index contributed by atoms with van der Waals surface area (Å²) in [7, 11) is 3.75. The van der Waals surface area contributed by atoms with Crippen LogP contribution in [0.25, 0.3) is 11.1 Å². The third kappa shape index (κ3) is 12.7. The molecule has 5 aliphatic rings. The second-order valence-corrected chi connectivity index (χ2v) is 18.2. The first-order valence-electron chi connectivity index (χ1n) is 23.2. The van der Waals surface area contributed by atoms with E-state index in [4.69, 9.17) is 13.9 Å². The molecule has 17 heteroatoms. The minimum Gasteiger partial charge on any atom is -0.465 e. The first-order valence-corrected chi connectivity index (χ1v) is 23.2. The molecule has 1 atom stereocenters. The fourth-order valence-corrected chi connectivity index (χ4v) is 9.44. The maximum atomic E-state index is 13.8. The van der Waals surface area contributed by atoms with E-state index in [0.29, 0.717) is 88.7 Å². The van der Waals surface area contributed by atoms with E-state index in [1.54, 1.807) is 22.9 Å². The number of amides is 5. The van der Waals surface area contributed by atoms with Gasteiger partial charge in [-0.2, -0.15) is 0 Å². The van der Waals surface area contributed by atoms with Gasteiger partial charge in [-0.3, -0.25) is 23.9 Å². The molecule has 5 aliphatic heterocycles. The lowest BCUT2D eigenvalue weighted by Crippen LogP contribution is -2.51. The number of aryl methyl sites for hydroxylation is 2. The highest BCUT2D eigenvalue weighted by Crippen LogP contribution is 2.27. The van der Waals surface area contributed by atoms with Gasteiger partial charge in [-0.15, -0.1) is 0 Å². The van der Waals surface area contributed by atoms with Crippen molar-refractivity contribution in [1.29, 1.82) is 0 Å². The number of para-hydroxylation sites is 1. The number of anilines is 1. The molecule has 4 fully saturated rings. The van der Waals surface area contributed by atoms with Crippen LogP contribution in [0.2, 0.25) is 0 Å². The molecule has 1 aromatic heterocycles. The third-order valence-corrected chi connectivity index (χ3v) is 13.4. The lowest BCUT2D eigenvalue weighted by atomic mass is 9.98. The van der Waals surface area contributed by atoms with Crippen molar-refractivity contribution in [3.05, 3.63) is 63.6 Å².